The van der Waals surface area contributed by atoms with E-state index in [-0.39, 0.29) is 17.7 Å². The first-order valence-corrected chi connectivity index (χ1v) is 3.92. The van der Waals surface area contributed by atoms with Crippen LogP contribution in [0.3, 0.4) is 0 Å². The Labute approximate surface area is 79.9 Å². The molecule has 0 N–H and O–H groups in total. The summed E-state index contributed by atoms with van der Waals surface area (Å²) in [6.07, 6.45) is 1.11. The Hall–Kier alpha value is -1.96. The lowest BCUT2D eigenvalue weighted by Crippen LogP contribution is -2.08. The molecule has 0 amide bonds. The first-order valence-electron chi connectivity index (χ1n) is 3.92. The third-order valence-electron chi connectivity index (χ3n) is 1.51. The molecule has 0 aliphatic carbocycles. The van der Waals surface area contributed by atoms with Crippen LogP contribution in [-0.4, -0.2) is 17.6 Å². The fraction of sp³-hybridized carbons (Fsp3) is 0.222. The molecular formula is C9H7FN2O2. The lowest BCUT2D eigenvalue weighted by Gasteiger charge is -2.02. The van der Waals surface area contributed by atoms with Crippen molar-refractivity contribution < 1.29 is 13.9 Å². The lowest BCUT2D eigenvalue weighted by atomic mass is 10.1. The smallest absolute Gasteiger partial charge is 0.339 e. The molecule has 0 aliphatic heterocycles. The molecule has 0 unspecified atom stereocenters. The summed E-state index contributed by atoms with van der Waals surface area (Å²) in [4.78, 5) is 14.5. The molecule has 0 spiro atoms. The number of carbonyl (C=O) groups excluding carboxylic acids is 1. The lowest BCUT2D eigenvalue weighted by molar-refractivity contribution is 0.0525. The molecule has 1 rings (SSSR count). The minimum Gasteiger partial charge on any atom is -0.462 e. The third-order valence-corrected chi connectivity index (χ3v) is 1.51. The molecule has 0 radical (unpaired) electrons. The van der Waals surface area contributed by atoms with Crippen LogP contribution in [0, 0.1) is 17.3 Å². The SMILES string of the molecule is CCOC(=O)c1ccnc(F)c1C#N. The van der Waals surface area contributed by atoms with Gasteiger partial charge in [0.2, 0.25) is 5.95 Å². The fourth-order valence-electron chi connectivity index (χ4n) is 0.922. The second kappa shape index (κ2) is 4.33. The van der Waals surface area contributed by atoms with Crippen LogP contribution in [0.4, 0.5) is 4.39 Å². The van der Waals surface area contributed by atoms with Gasteiger partial charge in [-0.25, -0.2) is 9.78 Å². The Bertz CT molecular complexity index is 398. The van der Waals surface area contributed by atoms with Gasteiger partial charge in [0.1, 0.15) is 11.6 Å². The van der Waals surface area contributed by atoms with E-state index in [2.05, 4.69) is 9.72 Å². The van der Waals surface area contributed by atoms with Gasteiger partial charge in [0.15, 0.2) is 0 Å². The number of nitrogens with zero attached hydrogens (tertiary/aromatic N) is 2. The summed E-state index contributed by atoms with van der Waals surface area (Å²) in [5, 5.41) is 8.58. The van der Waals surface area contributed by atoms with Gasteiger partial charge in [0, 0.05) is 6.20 Å². The van der Waals surface area contributed by atoms with Crippen molar-refractivity contribution in [2.75, 3.05) is 6.61 Å². The van der Waals surface area contributed by atoms with Crippen LogP contribution in [0.15, 0.2) is 12.3 Å². The monoisotopic (exact) mass is 194 g/mol. The summed E-state index contributed by atoms with van der Waals surface area (Å²) in [7, 11) is 0. The normalized spacial score (nSPS) is 9.21. The van der Waals surface area contributed by atoms with E-state index in [1.165, 1.54) is 6.07 Å². The third kappa shape index (κ3) is 1.85. The van der Waals surface area contributed by atoms with Gasteiger partial charge >= 0.3 is 5.97 Å². The summed E-state index contributed by atoms with van der Waals surface area (Å²) >= 11 is 0. The van der Waals surface area contributed by atoms with Crippen molar-refractivity contribution in [2.45, 2.75) is 6.92 Å². The summed E-state index contributed by atoms with van der Waals surface area (Å²) in [5.74, 6) is -1.68. The van der Waals surface area contributed by atoms with Crippen molar-refractivity contribution in [3.8, 4) is 6.07 Å². The Morgan fingerprint density at radius 2 is 2.50 bits per heavy atom. The van der Waals surface area contributed by atoms with Crippen molar-refractivity contribution in [1.82, 2.24) is 4.98 Å². The summed E-state index contributed by atoms with van der Waals surface area (Å²) in [6.45, 7) is 1.80. The number of halogens is 1. The predicted molar refractivity (Wildman–Crippen MR) is 44.9 cm³/mol. The number of esters is 1. The van der Waals surface area contributed by atoms with Crippen molar-refractivity contribution in [2.24, 2.45) is 0 Å². The predicted octanol–water partition coefficient (Wildman–Crippen LogP) is 1.27. The van der Waals surface area contributed by atoms with Crippen LogP contribution >= 0.6 is 0 Å². The van der Waals surface area contributed by atoms with E-state index in [9.17, 15) is 9.18 Å². The minimum absolute atomic E-state index is 0.0955. The summed E-state index contributed by atoms with van der Waals surface area (Å²) in [6, 6.07) is 2.81. The maximum absolute atomic E-state index is 12.9. The number of hydrogen-bond acceptors (Lipinski definition) is 4. The largest absolute Gasteiger partial charge is 0.462 e. The number of aromatic nitrogens is 1. The highest BCUT2D eigenvalue weighted by molar-refractivity contribution is 5.91. The Morgan fingerprint density at radius 1 is 1.79 bits per heavy atom. The van der Waals surface area contributed by atoms with E-state index in [1.807, 2.05) is 0 Å². The van der Waals surface area contributed by atoms with E-state index in [0.717, 1.165) is 6.20 Å². The topological polar surface area (TPSA) is 63.0 Å². The number of pyridine rings is 1. The van der Waals surface area contributed by atoms with Crippen LogP contribution in [0.1, 0.15) is 22.8 Å². The molecule has 14 heavy (non-hydrogen) atoms. The maximum Gasteiger partial charge on any atom is 0.339 e. The highest BCUT2D eigenvalue weighted by Gasteiger charge is 2.16. The fourth-order valence-corrected chi connectivity index (χ4v) is 0.922. The molecule has 1 aromatic heterocycles. The second-order valence-electron chi connectivity index (χ2n) is 2.36. The van der Waals surface area contributed by atoms with Gasteiger partial charge in [0.05, 0.1) is 12.2 Å². The van der Waals surface area contributed by atoms with Crippen molar-refractivity contribution in [3.05, 3.63) is 29.3 Å². The highest BCUT2D eigenvalue weighted by Crippen LogP contribution is 2.11. The van der Waals surface area contributed by atoms with Gasteiger partial charge < -0.3 is 4.74 Å². The highest BCUT2D eigenvalue weighted by atomic mass is 19.1. The number of hydrogen-bond donors (Lipinski definition) is 0. The van der Waals surface area contributed by atoms with Gasteiger partial charge in [-0.3, -0.25) is 0 Å². The second-order valence-corrected chi connectivity index (χ2v) is 2.36. The number of nitriles is 1. The Morgan fingerprint density at radius 3 is 3.07 bits per heavy atom. The zero-order valence-corrected chi connectivity index (χ0v) is 7.45. The molecule has 1 heterocycles. The first kappa shape index (κ1) is 10.1. The van der Waals surface area contributed by atoms with Crippen LogP contribution in [0.25, 0.3) is 0 Å². The van der Waals surface area contributed by atoms with Crippen LogP contribution < -0.4 is 0 Å². The average Bonchev–Trinajstić information content (AvgIpc) is 2.17. The molecular weight excluding hydrogens is 187 g/mol. The minimum atomic E-state index is -0.960. The first-order chi connectivity index (χ1) is 6.70. The van der Waals surface area contributed by atoms with E-state index in [0.29, 0.717) is 0 Å². The zero-order valence-electron chi connectivity index (χ0n) is 7.45. The van der Waals surface area contributed by atoms with Crippen LogP contribution in [0.5, 0.6) is 0 Å². The molecule has 0 aliphatic rings. The standard InChI is InChI=1S/C9H7FN2O2/c1-2-14-9(13)6-3-4-12-8(10)7(6)5-11/h3-4H,2H2,1H3. The van der Waals surface area contributed by atoms with Gasteiger partial charge in [-0.15, -0.1) is 0 Å². The molecule has 0 saturated heterocycles. The van der Waals surface area contributed by atoms with Gasteiger partial charge in [-0.05, 0) is 13.0 Å². The van der Waals surface area contributed by atoms with E-state index in [1.54, 1.807) is 13.0 Å². The quantitative estimate of drug-likeness (QED) is 0.525. The number of carbonyl (C=O) groups is 1. The molecule has 0 bridgehead atoms. The zero-order chi connectivity index (χ0) is 10.6. The van der Waals surface area contributed by atoms with Crippen LogP contribution in [0.2, 0.25) is 0 Å². The maximum atomic E-state index is 12.9. The molecule has 4 nitrogen and oxygen atoms in total. The molecule has 72 valence electrons. The van der Waals surface area contributed by atoms with E-state index < -0.39 is 11.9 Å². The van der Waals surface area contributed by atoms with Crippen molar-refractivity contribution >= 4 is 5.97 Å². The van der Waals surface area contributed by atoms with Gasteiger partial charge in [-0.2, -0.15) is 9.65 Å². The number of ether oxygens (including phenoxy) is 1. The van der Waals surface area contributed by atoms with Crippen LogP contribution in [-0.2, 0) is 4.74 Å². The average molecular weight is 194 g/mol. The molecule has 0 aromatic carbocycles. The molecule has 0 saturated carbocycles. The van der Waals surface area contributed by atoms with E-state index >= 15 is 0 Å². The van der Waals surface area contributed by atoms with Gasteiger partial charge in [-0.1, -0.05) is 0 Å². The molecule has 1 aromatic rings. The molecule has 0 fully saturated rings. The Balaban J connectivity index is 3.15. The molecule has 5 heteroatoms. The summed E-state index contributed by atoms with van der Waals surface area (Å²) < 4.78 is 17.6. The van der Waals surface area contributed by atoms with Gasteiger partial charge in [0.25, 0.3) is 0 Å². The Kier molecular flexibility index (Phi) is 3.13. The molecule has 0 atom stereocenters. The summed E-state index contributed by atoms with van der Waals surface area (Å²) in [5.41, 5.74) is -0.479. The van der Waals surface area contributed by atoms with Crippen molar-refractivity contribution in [3.63, 3.8) is 0 Å². The van der Waals surface area contributed by atoms with E-state index in [4.69, 9.17) is 5.26 Å². The number of rotatable bonds is 2. The van der Waals surface area contributed by atoms with Crippen molar-refractivity contribution in [1.29, 1.82) is 5.26 Å².